The number of aryl methyl sites for hydroxylation is 1. The fourth-order valence-electron chi connectivity index (χ4n) is 4.61. The Balaban J connectivity index is 1.73. The van der Waals surface area contributed by atoms with Gasteiger partial charge in [-0.25, -0.2) is 14.1 Å². The molecule has 0 spiro atoms. The summed E-state index contributed by atoms with van der Waals surface area (Å²) < 4.78 is 18.8. The maximum atomic E-state index is 14.1. The smallest absolute Gasteiger partial charge is 0.417 e. The quantitative estimate of drug-likeness (QED) is 0.179. The molecular formula is C29H32BFN3O4P. The van der Waals surface area contributed by atoms with Gasteiger partial charge in [-0.05, 0) is 55.2 Å². The number of nitrogens with one attached hydrogen (secondary N) is 1. The van der Waals surface area contributed by atoms with Crippen molar-refractivity contribution in [2.24, 2.45) is 11.1 Å². The molecule has 3 aromatic carbocycles. The van der Waals surface area contributed by atoms with E-state index in [1.54, 1.807) is 12.1 Å². The number of nitrogens with zero attached hydrogens (tertiary/aromatic N) is 2. The largest absolute Gasteiger partial charge is 0.447 e. The van der Waals surface area contributed by atoms with E-state index in [4.69, 9.17) is 9.57 Å². The maximum absolute atomic E-state index is 14.1. The van der Waals surface area contributed by atoms with Gasteiger partial charge in [-0.15, -0.1) is 9.24 Å². The number of anilines is 1. The van der Waals surface area contributed by atoms with E-state index in [0.29, 0.717) is 24.2 Å². The number of oxime groups is 1. The standard InChI is InChI=1S/C29H32BFN3O4P/c1-18-3-5-19(6-4-18)25(33-37-2)16-15-24(28(35)34-26(39)17-38-29(34)36)27(20-7-9-21(30)10-8-20)32-23-13-11-22(31)12-14-23/h3-14,24,26-27,32H,15-17,30,39H2,1-2H3/b33-25-/t24?,26-,27?/m0/s1. The molecule has 4 atom stereocenters. The van der Waals surface area contributed by atoms with Gasteiger partial charge >= 0.3 is 6.09 Å². The van der Waals surface area contributed by atoms with Crippen LogP contribution in [0.5, 0.6) is 0 Å². The van der Waals surface area contributed by atoms with Crippen LogP contribution in [0.1, 0.15) is 35.6 Å². The number of hydrogen-bond donors (Lipinski definition) is 1. The lowest BCUT2D eigenvalue weighted by Gasteiger charge is -2.31. The van der Waals surface area contributed by atoms with Gasteiger partial charge in [0.15, 0.2) is 0 Å². The highest BCUT2D eigenvalue weighted by Crippen LogP contribution is 2.34. The maximum Gasteiger partial charge on any atom is 0.417 e. The third-order valence-electron chi connectivity index (χ3n) is 6.74. The predicted molar refractivity (Wildman–Crippen MR) is 157 cm³/mol. The van der Waals surface area contributed by atoms with Crippen molar-refractivity contribution in [3.8, 4) is 0 Å². The average Bonchev–Trinajstić information content (AvgIpc) is 3.27. The SMILES string of the molecule is Bc1ccc(C(Nc2ccc(F)cc2)C(CC/C(=N/OC)c2ccc(C)cc2)C(=O)N2C(=O)OC[C@@H]2P)cc1. The Labute approximate surface area is 231 Å². The highest BCUT2D eigenvalue weighted by molar-refractivity contribution is 7.17. The Bertz CT molecular complexity index is 1320. The van der Waals surface area contributed by atoms with Gasteiger partial charge < -0.3 is 14.9 Å². The predicted octanol–water partition coefficient (Wildman–Crippen LogP) is 4.17. The summed E-state index contributed by atoms with van der Waals surface area (Å²) in [6.45, 7) is 2.12. The van der Waals surface area contributed by atoms with E-state index in [2.05, 4.69) is 19.7 Å². The van der Waals surface area contributed by atoms with Gasteiger partial charge in [0.05, 0.1) is 23.5 Å². The molecule has 10 heteroatoms. The van der Waals surface area contributed by atoms with Gasteiger partial charge in [-0.1, -0.05) is 64.7 Å². The molecule has 1 saturated heterocycles. The minimum Gasteiger partial charge on any atom is -0.447 e. The number of hydrogen-bond acceptors (Lipinski definition) is 6. The molecule has 1 heterocycles. The zero-order valence-corrected chi connectivity index (χ0v) is 23.4. The molecule has 0 saturated carbocycles. The first-order chi connectivity index (χ1) is 18.8. The van der Waals surface area contributed by atoms with Crippen molar-refractivity contribution >= 4 is 45.9 Å². The second-order valence-corrected chi connectivity index (χ2v) is 10.4. The van der Waals surface area contributed by atoms with Crippen molar-refractivity contribution in [3.63, 3.8) is 0 Å². The van der Waals surface area contributed by atoms with Crippen LogP contribution < -0.4 is 10.8 Å². The Kier molecular flexibility index (Phi) is 9.36. The molecule has 1 fully saturated rings. The molecule has 1 aliphatic rings. The van der Waals surface area contributed by atoms with Gasteiger partial charge in [0.1, 0.15) is 27.4 Å². The summed E-state index contributed by atoms with van der Waals surface area (Å²) in [7, 11) is 5.98. The van der Waals surface area contributed by atoms with E-state index in [9.17, 15) is 14.0 Å². The zero-order chi connectivity index (χ0) is 27.9. The monoisotopic (exact) mass is 547 g/mol. The number of cyclic esters (lactones) is 1. The minimum atomic E-state index is -0.695. The summed E-state index contributed by atoms with van der Waals surface area (Å²) in [5.41, 5.74) is 5.27. The first-order valence-corrected chi connectivity index (χ1v) is 13.4. The summed E-state index contributed by atoms with van der Waals surface area (Å²) >= 11 is 0. The number of imide groups is 1. The second kappa shape index (κ2) is 12.9. The summed E-state index contributed by atoms with van der Waals surface area (Å²) in [6.07, 6.45) is 0.0901. The highest BCUT2D eigenvalue weighted by Gasteiger charge is 2.42. The van der Waals surface area contributed by atoms with Crippen molar-refractivity contribution in [1.29, 1.82) is 0 Å². The molecule has 2 amide bonds. The molecule has 0 aromatic heterocycles. The van der Waals surface area contributed by atoms with Crippen LogP contribution in [0.2, 0.25) is 0 Å². The number of benzene rings is 3. The van der Waals surface area contributed by atoms with Crippen molar-refractivity contribution < 1.29 is 23.6 Å². The van der Waals surface area contributed by atoms with E-state index in [1.807, 2.05) is 63.3 Å². The number of carbonyl (C=O) groups excluding carboxylic acids is 2. The molecule has 7 nitrogen and oxygen atoms in total. The van der Waals surface area contributed by atoms with Gasteiger partial charge in [-0.3, -0.25) is 4.79 Å². The molecule has 0 bridgehead atoms. The lowest BCUT2D eigenvalue weighted by molar-refractivity contribution is -0.133. The average molecular weight is 547 g/mol. The first kappa shape index (κ1) is 28.3. The zero-order valence-electron chi connectivity index (χ0n) is 22.3. The number of rotatable bonds is 10. The summed E-state index contributed by atoms with van der Waals surface area (Å²) in [4.78, 5) is 33.0. The molecular weight excluding hydrogens is 515 g/mol. The molecule has 3 unspecified atom stereocenters. The number of ether oxygens (including phenoxy) is 1. The Morgan fingerprint density at radius 3 is 2.41 bits per heavy atom. The molecule has 0 aliphatic carbocycles. The third-order valence-corrected chi connectivity index (χ3v) is 7.23. The van der Waals surface area contributed by atoms with Crippen molar-refractivity contribution in [2.75, 3.05) is 19.0 Å². The van der Waals surface area contributed by atoms with E-state index in [1.165, 1.54) is 24.1 Å². The van der Waals surface area contributed by atoms with Crippen LogP contribution in [-0.4, -0.2) is 50.0 Å². The van der Waals surface area contributed by atoms with E-state index in [-0.39, 0.29) is 18.3 Å². The van der Waals surface area contributed by atoms with Crippen molar-refractivity contribution in [2.45, 2.75) is 31.6 Å². The second-order valence-electron chi connectivity index (χ2n) is 9.62. The molecule has 39 heavy (non-hydrogen) atoms. The highest BCUT2D eigenvalue weighted by atomic mass is 31.0. The Hall–Kier alpha value is -3.71. The van der Waals surface area contributed by atoms with E-state index in [0.717, 1.165) is 22.2 Å². The van der Waals surface area contributed by atoms with Crippen molar-refractivity contribution in [1.82, 2.24) is 4.90 Å². The Morgan fingerprint density at radius 1 is 1.15 bits per heavy atom. The van der Waals surface area contributed by atoms with Gasteiger partial charge in [0.25, 0.3) is 0 Å². The number of carbonyl (C=O) groups is 2. The van der Waals surface area contributed by atoms with E-state index < -0.39 is 23.8 Å². The van der Waals surface area contributed by atoms with Crippen LogP contribution in [0.25, 0.3) is 0 Å². The van der Waals surface area contributed by atoms with Gasteiger partial charge in [0.2, 0.25) is 5.91 Å². The molecule has 1 aliphatic heterocycles. The molecule has 1 N–H and O–H groups in total. The summed E-state index contributed by atoms with van der Waals surface area (Å²) in [5.74, 6) is -1.89. The topological polar surface area (TPSA) is 80.2 Å². The number of halogens is 1. The third kappa shape index (κ3) is 7.04. The lowest BCUT2D eigenvalue weighted by atomic mass is 9.84. The molecule has 3 aromatic rings. The van der Waals surface area contributed by atoms with Crippen LogP contribution in [0.15, 0.2) is 78.0 Å². The van der Waals surface area contributed by atoms with Gasteiger partial charge in [0, 0.05) is 5.69 Å². The normalized spacial score (nSPS) is 16.9. The Morgan fingerprint density at radius 2 is 1.82 bits per heavy atom. The van der Waals surface area contributed by atoms with Crippen LogP contribution >= 0.6 is 9.24 Å². The van der Waals surface area contributed by atoms with Crippen LogP contribution in [0, 0.1) is 18.7 Å². The van der Waals surface area contributed by atoms with E-state index >= 15 is 0 Å². The van der Waals surface area contributed by atoms with Gasteiger partial charge in [-0.2, -0.15) is 0 Å². The lowest BCUT2D eigenvalue weighted by Crippen LogP contribution is -2.43. The molecule has 4 rings (SSSR count). The first-order valence-electron chi connectivity index (χ1n) is 12.8. The summed E-state index contributed by atoms with van der Waals surface area (Å²) in [5, 5.41) is 7.69. The molecule has 0 radical (unpaired) electrons. The fraction of sp³-hybridized carbons (Fsp3) is 0.276. The number of amides is 2. The molecule has 202 valence electrons. The van der Waals surface area contributed by atoms with Crippen LogP contribution in [-0.2, 0) is 14.4 Å². The van der Waals surface area contributed by atoms with Crippen LogP contribution in [0.3, 0.4) is 0 Å². The minimum absolute atomic E-state index is 0.113. The fourth-order valence-corrected chi connectivity index (χ4v) is 4.97. The van der Waals surface area contributed by atoms with Crippen LogP contribution in [0.4, 0.5) is 14.9 Å². The summed E-state index contributed by atoms with van der Waals surface area (Å²) in [6, 6.07) is 21.2. The van der Waals surface area contributed by atoms with Crippen molar-refractivity contribution in [3.05, 3.63) is 95.3 Å².